The number of rotatable bonds is 6. The molecule has 2 N–H and O–H groups in total. The molecule has 24 heavy (non-hydrogen) atoms. The number of anilines is 2. The zero-order chi connectivity index (χ0) is 17.4. The Morgan fingerprint density at radius 2 is 2.04 bits per heavy atom. The average Bonchev–Trinajstić information content (AvgIpc) is 2.61. The summed E-state index contributed by atoms with van der Waals surface area (Å²) in [6, 6.07) is 13.2. The van der Waals surface area contributed by atoms with Gasteiger partial charge >= 0.3 is 0 Å². The number of pyridine rings is 1. The number of carbonyl (C=O) groups excluding carboxylic acids is 1. The van der Waals surface area contributed by atoms with Gasteiger partial charge in [0.05, 0.1) is 0 Å². The number of hydrogen-bond donors (Lipinski definition) is 2. The summed E-state index contributed by atoms with van der Waals surface area (Å²) in [5.41, 5.74) is 2.75. The van der Waals surface area contributed by atoms with Crippen LogP contribution in [0.5, 0.6) is 0 Å². The lowest BCUT2D eigenvalue weighted by Crippen LogP contribution is -2.24. The Morgan fingerprint density at radius 3 is 2.62 bits per heavy atom. The Balaban J connectivity index is 1.95. The second kappa shape index (κ2) is 8.34. The molecule has 1 aromatic carbocycles. The number of nitrogens with zero attached hydrogens (tertiary/aromatic N) is 3. The van der Waals surface area contributed by atoms with E-state index in [2.05, 4.69) is 15.6 Å². The summed E-state index contributed by atoms with van der Waals surface area (Å²) in [6.07, 6.45) is 4.74. The van der Waals surface area contributed by atoms with Gasteiger partial charge in [-0.3, -0.25) is 9.78 Å². The minimum atomic E-state index is -0.432. The smallest absolute Gasteiger partial charge is 0.263 e. The van der Waals surface area contributed by atoms with Crippen LogP contribution in [0.15, 0.2) is 60.6 Å². The summed E-state index contributed by atoms with van der Waals surface area (Å²) in [6.45, 7) is 0.323. The van der Waals surface area contributed by atoms with Crippen molar-refractivity contribution in [1.29, 1.82) is 5.26 Å². The van der Waals surface area contributed by atoms with Gasteiger partial charge in [-0.25, -0.2) is 0 Å². The van der Waals surface area contributed by atoms with E-state index in [9.17, 15) is 4.79 Å². The Bertz CT molecular complexity index is 745. The predicted molar refractivity (Wildman–Crippen MR) is 94.2 cm³/mol. The Kier molecular flexibility index (Phi) is 5.92. The van der Waals surface area contributed by atoms with Crippen LogP contribution in [0.2, 0.25) is 0 Å². The fourth-order valence-electron chi connectivity index (χ4n) is 1.94. The van der Waals surface area contributed by atoms with Crippen LogP contribution in [0.4, 0.5) is 11.4 Å². The number of carbonyl (C=O) groups is 1. The lowest BCUT2D eigenvalue weighted by molar-refractivity contribution is -0.117. The third kappa shape index (κ3) is 4.85. The molecular formula is C18H19N5O. The van der Waals surface area contributed by atoms with Crippen molar-refractivity contribution in [3.05, 3.63) is 66.1 Å². The van der Waals surface area contributed by atoms with Crippen LogP contribution in [-0.4, -0.2) is 25.0 Å². The van der Waals surface area contributed by atoms with E-state index in [0.717, 1.165) is 16.9 Å². The largest absolute Gasteiger partial charge is 0.378 e. The fourth-order valence-corrected chi connectivity index (χ4v) is 1.94. The van der Waals surface area contributed by atoms with Gasteiger partial charge in [0.2, 0.25) is 0 Å². The summed E-state index contributed by atoms with van der Waals surface area (Å²) in [5.74, 6) is -0.432. The van der Waals surface area contributed by atoms with Crippen LogP contribution in [0.25, 0.3) is 0 Å². The van der Waals surface area contributed by atoms with E-state index in [1.54, 1.807) is 18.5 Å². The topological polar surface area (TPSA) is 81.0 Å². The van der Waals surface area contributed by atoms with Gasteiger partial charge in [0, 0.05) is 50.6 Å². The van der Waals surface area contributed by atoms with E-state index >= 15 is 0 Å². The van der Waals surface area contributed by atoms with Gasteiger partial charge in [0.25, 0.3) is 5.91 Å². The third-order valence-electron chi connectivity index (χ3n) is 3.31. The molecule has 6 nitrogen and oxygen atoms in total. The van der Waals surface area contributed by atoms with Crippen molar-refractivity contribution < 1.29 is 4.79 Å². The van der Waals surface area contributed by atoms with Crippen LogP contribution in [0.3, 0.4) is 0 Å². The molecule has 122 valence electrons. The molecule has 0 bridgehead atoms. The minimum absolute atomic E-state index is 0.00979. The van der Waals surface area contributed by atoms with Gasteiger partial charge in [-0.05, 0) is 35.9 Å². The van der Waals surface area contributed by atoms with Crippen molar-refractivity contribution in [2.75, 3.05) is 24.3 Å². The molecule has 0 radical (unpaired) electrons. The first-order chi connectivity index (χ1) is 11.6. The summed E-state index contributed by atoms with van der Waals surface area (Å²) in [7, 11) is 3.92. The zero-order valence-corrected chi connectivity index (χ0v) is 13.7. The molecule has 0 aliphatic rings. The van der Waals surface area contributed by atoms with Gasteiger partial charge < -0.3 is 15.5 Å². The first-order valence-electron chi connectivity index (χ1n) is 7.41. The molecular weight excluding hydrogens is 302 g/mol. The van der Waals surface area contributed by atoms with Crippen LogP contribution in [0, 0.1) is 11.3 Å². The molecule has 2 rings (SSSR count). The number of amides is 1. The van der Waals surface area contributed by atoms with Gasteiger partial charge in [0.1, 0.15) is 11.6 Å². The van der Waals surface area contributed by atoms with Crippen molar-refractivity contribution in [1.82, 2.24) is 10.3 Å². The molecule has 0 spiro atoms. The summed E-state index contributed by atoms with van der Waals surface area (Å²) >= 11 is 0. The molecule has 0 atom stereocenters. The summed E-state index contributed by atoms with van der Waals surface area (Å²) in [5, 5.41) is 14.8. The van der Waals surface area contributed by atoms with E-state index in [1.165, 1.54) is 6.20 Å². The standard InChI is InChI=1S/C18H19N5O/c1-23(2)17-7-5-16(6-8-17)21-13-15(10-19)18(24)22-12-14-4-3-9-20-11-14/h3-9,11,13,21H,12H2,1-2H3,(H,22,24)/b15-13-. The lowest BCUT2D eigenvalue weighted by atomic mass is 10.2. The Hall–Kier alpha value is -3.33. The van der Waals surface area contributed by atoms with E-state index in [1.807, 2.05) is 55.4 Å². The van der Waals surface area contributed by atoms with Crippen LogP contribution >= 0.6 is 0 Å². The van der Waals surface area contributed by atoms with Gasteiger partial charge in [0.15, 0.2) is 0 Å². The Labute approximate surface area is 141 Å². The third-order valence-corrected chi connectivity index (χ3v) is 3.31. The predicted octanol–water partition coefficient (Wildman–Crippen LogP) is 2.28. The SMILES string of the molecule is CN(C)c1ccc(N/C=C(/C#N)C(=O)NCc2cccnc2)cc1. The van der Waals surface area contributed by atoms with Crippen LogP contribution in [-0.2, 0) is 11.3 Å². The molecule has 6 heteroatoms. The van der Waals surface area contributed by atoms with Gasteiger partial charge in [-0.2, -0.15) is 5.26 Å². The highest BCUT2D eigenvalue weighted by Crippen LogP contribution is 2.15. The normalized spacial score (nSPS) is 10.6. The van der Waals surface area contributed by atoms with E-state index in [-0.39, 0.29) is 5.57 Å². The highest BCUT2D eigenvalue weighted by Gasteiger charge is 2.08. The fraction of sp³-hybridized carbons (Fsp3) is 0.167. The zero-order valence-electron chi connectivity index (χ0n) is 13.7. The second-order valence-corrected chi connectivity index (χ2v) is 5.30. The average molecular weight is 321 g/mol. The molecule has 0 aliphatic carbocycles. The molecule has 1 amide bonds. The summed E-state index contributed by atoms with van der Waals surface area (Å²) < 4.78 is 0. The molecule has 0 saturated heterocycles. The van der Waals surface area contributed by atoms with Crippen LogP contribution < -0.4 is 15.5 Å². The van der Waals surface area contributed by atoms with Gasteiger partial charge in [-0.1, -0.05) is 6.07 Å². The molecule has 0 unspecified atom stereocenters. The van der Waals surface area contributed by atoms with E-state index < -0.39 is 5.91 Å². The van der Waals surface area contributed by atoms with Crippen molar-refractivity contribution in [2.45, 2.75) is 6.54 Å². The van der Waals surface area contributed by atoms with Crippen molar-refractivity contribution in [2.24, 2.45) is 0 Å². The minimum Gasteiger partial charge on any atom is -0.378 e. The molecule has 2 aromatic rings. The van der Waals surface area contributed by atoms with Crippen molar-refractivity contribution in [3.8, 4) is 6.07 Å². The lowest BCUT2D eigenvalue weighted by Gasteiger charge is -2.12. The van der Waals surface area contributed by atoms with Crippen molar-refractivity contribution >= 4 is 17.3 Å². The first-order valence-corrected chi connectivity index (χ1v) is 7.41. The number of aromatic nitrogens is 1. The number of nitriles is 1. The number of benzene rings is 1. The maximum absolute atomic E-state index is 12.0. The molecule has 0 saturated carbocycles. The van der Waals surface area contributed by atoms with E-state index in [0.29, 0.717) is 6.54 Å². The maximum atomic E-state index is 12.0. The van der Waals surface area contributed by atoms with Crippen molar-refractivity contribution in [3.63, 3.8) is 0 Å². The monoisotopic (exact) mass is 321 g/mol. The quantitative estimate of drug-likeness (QED) is 0.630. The summed E-state index contributed by atoms with van der Waals surface area (Å²) in [4.78, 5) is 18.0. The maximum Gasteiger partial charge on any atom is 0.263 e. The molecule has 0 aliphatic heterocycles. The number of nitrogens with one attached hydrogen (secondary N) is 2. The first kappa shape index (κ1) is 17.0. The van der Waals surface area contributed by atoms with Crippen LogP contribution in [0.1, 0.15) is 5.56 Å². The second-order valence-electron chi connectivity index (χ2n) is 5.30. The number of hydrogen-bond acceptors (Lipinski definition) is 5. The molecule has 1 aromatic heterocycles. The van der Waals surface area contributed by atoms with E-state index in [4.69, 9.17) is 5.26 Å². The highest BCUT2D eigenvalue weighted by molar-refractivity contribution is 5.97. The van der Waals surface area contributed by atoms with Gasteiger partial charge in [-0.15, -0.1) is 0 Å². The molecule has 0 fully saturated rings. The Morgan fingerprint density at radius 1 is 1.29 bits per heavy atom. The highest BCUT2D eigenvalue weighted by atomic mass is 16.1. The molecule has 1 heterocycles.